The van der Waals surface area contributed by atoms with Gasteiger partial charge in [0.15, 0.2) is 0 Å². The fraction of sp³-hybridized carbons (Fsp3) is 0.438. The van der Waals surface area contributed by atoms with Gasteiger partial charge in [0.05, 0.1) is 11.7 Å². The van der Waals surface area contributed by atoms with Crippen molar-refractivity contribution in [2.75, 3.05) is 0 Å². The summed E-state index contributed by atoms with van der Waals surface area (Å²) in [4.78, 5) is 0. The van der Waals surface area contributed by atoms with Gasteiger partial charge in [-0.25, -0.2) is 0 Å². The van der Waals surface area contributed by atoms with Crippen LogP contribution in [0.2, 0.25) is 5.02 Å². The van der Waals surface area contributed by atoms with Crippen LogP contribution in [0, 0.1) is 0 Å². The van der Waals surface area contributed by atoms with Gasteiger partial charge in [-0.1, -0.05) is 47.4 Å². The summed E-state index contributed by atoms with van der Waals surface area (Å²) in [6.45, 7) is 4.37. The maximum absolute atomic E-state index is 6.28. The number of nitrogens with zero attached hydrogens (tertiary/aromatic N) is 2. The van der Waals surface area contributed by atoms with Gasteiger partial charge in [0, 0.05) is 28.2 Å². The summed E-state index contributed by atoms with van der Waals surface area (Å²) in [5, 5.41) is 5.34. The Labute approximate surface area is 139 Å². The second kappa shape index (κ2) is 7.43. The first-order chi connectivity index (χ1) is 10.0. The standard InChI is InChI=1S/C16H21BrClN3/c1-3-13(4-2)21-8-7-12(20-21)10-16(19)14-6-5-11(17)9-15(14)18/h5-9,13,16H,3-4,10,19H2,1-2H3. The first kappa shape index (κ1) is 16.5. The van der Waals surface area contributed by atoms with Crippen LogP contribution in [0.3, 0.4) is 0 Å². The van der Waals surface area contributed by atoms with Gasteiger partial charge in [0.1, 0.15) is 0 Å². The van der Waals surface area contributed by atoms with Crippen molar-refractivity contribution in [2.24, 2.45) is 5.73 Å². The second-order valence-corrected chi connectivity index (χ2v) is 6.56. The first-order valence-electron chi connectivity index (χ1n) is 7.29. The molecule has 0 spiro atoms. The number of hydrogen-bond donors (Lipinski definition) is 1. The number of hydrogen-bond acceptors (Lipinski definition) is 2. The molecule has 1 aromatic heterocycles. The summed E-state index contributed by atoms with van der Waals surface area (Å²) >= 11 is 9.66. The quantitative estimate of drug-likeness (QED) is 0.785. The Balaban J connectivity index is 2.11. The van der Waals surface area contributed by atoms with E-state index in [0.717, 1.165) is 28.6 Å². The molecule has 0 amide bonds. The van der Waals surface area contributed by atoms with Crippen molar-refractivity contribution < 1.29 is 0 Å². The van der Waals surface area contributed by atoms with Gasteiger partial charge in [0.2, 0.25) is 0 Å². The molecule has 2 aromatic rings. The average Bonchev–Trinajstić information content (AvgIpc) is 2.88. The highest BCUT2D eigenvalue weighted by Gasteiger charge is 2.14. The van der Waals surface area contributed by atoms with Crippen LogP contribution in [-0.4, -0.2) is 9.78 Å². The smallest absolute Gasteiger partial charge is 0.0643 e. The molecule has 1 heterocycles. The third-order valence-electron chi connectivity index (χ3n) is 3.77. The molecule has 0 bridgehead atoms. The molecule has 0 aliphatic rings. The van der Waals surface area contributed by atoms with E-state index in [-0.39, 0.29) is 6.04 Å². The van der Waals surface area contributed by atoms with Gasteiger partial charge in [-0.15, -0.1) is 0 Å². The molecule has 0 aliphatic heterocycles. The van der Waals surface area contributed by atoms with Gasteiger partial charge in [-0.05, 0) is 36.6 Å². The van der Waals surface area contributed by atoms with Crippen LogP contribution in [-0.2, 0) is 6.42 Å². The van der Waals surface area contributed by atoms with Gasteiger partial charge >= 0.3 is 0 Å². The molecule has 0 saturated heterocycles. The molecule has 1 unspecified atom stereocenters. The molecule has 114 valence electrons. The Morgan fingerprint density at radius 3 is 2.62 bits per heavy atom. The van der Waals surface area contributed by atoms with Crippen LogP contribution in [0.15, 0.2) is 34.9 Å². The maximum atomic E-state index is 6.28. The molecule has 21 heavy (non-hydrogen) atoms. The van der Waals surface area contributed by atoms with Crippen molar-refractivity contribution in [1.29, 1.82) is 0 Å². The largest absolute Gasteiger partial charge is 0.324 e. The Kier molecular flexibility index (Phi) is 5.85. The molecular formula is C16H21BrClN3. The summed E-state index contributed by atoms with van der Waals surface area (Å²) in [5.74, 6) is 0. The van der Waals surface area contributed by atoms with E-state index in [2.05, 4.69) is 34.9 Å². The van der Waals surface area contributed by atoms with E-state index in [0.29, 0.717) is 17.5 Å². The highest BCUT2D eigenvalue weighted by atomic mass is 79.9. The van der Waals surface area contributed by atoms with Crippen LogP contribution in [0.5, 0.6) is 0 Å². The number of nitrogens with two attached hydrogens (primary N) is 1. The maximum Gasteiger partial charge on any atom is 0.0643 e. The summed E-state index contributed by atoms with van der Waals surface area (Å²) in [6, 6.07) is 8.17. The van der Waals surface area contributed by atoms with E-state index in [1.54, 1.807) is 0 Å². The van der Waals surface area contributed by atoms with Crippen molar-refractivity contribution in [2.45, 2.75) is 45.2 Å². The molecule has 1 atom stereocenters. The van der Waals surface area contributed by atoms with Gasteiger partial charge < -0.3 is 5.73 Å². The zero-order valence-electron chi connectivity index (χ0n) is 12.4. The van der Waals surface area contributed by atoms with Crippen molar-refractivity contribution in [3.8, 4) is 0 Å². The molecule has 0 aliphatic carbocycles. The summed E-state index contributed by atoms with van der Waals surface area (Å²) in [7, 11) is 0. The Hall–Kier alpha value is -0.840. The normalized spacial score (nSPS) is 12.9. The summed E-state index contributed by atoms with van der Waals surface area (Å²) in [6.07, 6.45) is 4.90. The Morgan fingerprint density at radius 1 is 1.29 bits per heavy atom. The van der Waals surface area contributed by atoms with E-state index in [4.69, 9.17) is 17.3 Å². The number of aromatic nitrogens is 2. The lowest BCUT2D eigenvalue weighted by Gasteiger charge is -2.14. The number of halogens is 2. The number of benzene rings is 1. The van der Waals surface area contributed by atoms with Gasteiger partial charge in [-0.3, -0.25) is 4.68 Å². The molecular weight excluding hydrogens is 350 g/mol. The molecule has 1 aromatic carbocycles. The van der Waals surface area contributed by atoms with E-state index in [9.17, 15) is 0 Å². The Morgan fingerprint density at radius 2 is 2.00 bits per heavy atom. The van der Waals surface area contributed by atoms with Crippen LogP contribution in [0.1, 0.15) is 50.0 Å². The van der Waals surface area contributed by atoms with E-state index >= 15 is 0 Å². The molecule has 2 N–H and O–H groups in total. The van der Waals surface area contributed by atoms with Crippen molar-refractivity contribution >= 4 is 27.5 Å². The molecule has 5 heteroatoms. The molecule has 0 fully saturated rings. The highest BCUT2D eigenvalue weighted by Crippen LogP contribution is 2.27. The third-order valence-corrected chi connectivity index (χ3v) is 4.59. The van der Waals surface area contributed by atoms with Crippen LogP contribution in [0.25, 0.3) is 0 Å². The first-order valence-corrected chi connectivity index (χ1v) is 8.46. The monoisotopic (exact) mass is 369 g/mol. The lowest BCUT2D eigenvalue weighted by molar-refractivity contribution is 0.424. The van der Waals surface area contributed by atoms with Crippen molar-refractivity contribution in [1.82, 2.24) is 9.78 Å². The van der Waals surface area contributed by atoms with Crippen LogP contribution < -0.4 is 5.73 Å². The number of rotatable bonds is 6. The zero-order valence-corrected chi connectivity index (χ0v) is 14.7. The fourth-order valence-electron chi connectivity index (χ4n) is 2.49. The van der Waals surface area contributed by atoms with E-state index < -0.39 is 0 Å². The molecule has 3 nitrogen and oxygen atoms in total. The van der Waals surface area contributed by atoms with E-state index in [1.165, 1.54) is 0 Å². The van der Waals surface area contributed by atoms with Crippen LogP contribution in [0.4, 0.5) is 0 Å². The average molecular weight is 371 g/mol. The van der Waals surface area contributed by atoms with Gasteiger partial charge in [0.25, 0.3) is 0 Å². The SMILES string of the molecule is CCC(CC)n1ccc(CC(N)c2ccc(Br)cc2Cl)n1. The topological polar surface area (TPSA) is 43.8 Å². The lowest BCUT2D eigenvalue weighted by Crippen LogP contribution is -2.15. The van der Waals surface area contributed by atoms with Crippen molar-refractivity contribution in [3.05, 3.63) is 51.2 Å². The van der Waals surface area contributed by atoms with Crippen LogP contribution >= 0.6 is 27.5 Å². The minimum atomic E-state index is -0.143. The minimum Gasteiger partial charge on any atom is -0.324 e. The predicted octanol–water partition coefficient (Wildman–Crippen LogP) is 4.90. The molecule has 2 rings (SSSR count). The molecule has 0 radical (unpaired) electrons. The highest BCUT2D eigenvalue weighted by molar-refractivity contribution is 9.10. The molecule has 0 saturated carbocycles. The Bertz CT molecular complexity index is 593. The zero-order chi connectivity index (χ0) is 15.4. The second-order valence-electron chi connectivity index (χ2n) is 5.23. The predicted molar refractivity (Wildman–Crippen MR) is 91.6 cm³/mol. The summed E-state index contributed by atoms with van der Waals surface area (Å²) in [5.41, 5.74) is 8.24. The lowest BCUT2D eigenvalue weighted by atomic mass is 10.0. The third kappa shape index (κ3) is 4.09. The minimum absolute atomic E-state index is 0.143. The van der Waals surface area contributed by atoms with Gasteiger partial charge in [-0.2, -0.15) is 5.10 Å². The van der Waals surface area contributed by atoms with Crippen molar-refractivity contribution in [3.63, 3.8) is 0 Å². The summed E-state index contributed by atoms with van der Waals surface area (Å²) < 4.78 is 3.01. The fourth-order valence-corrected chi connectivity index (χ4v) is 3.30. The van der Waals surface area contributed by atoms with E-state index in [1.807, 2.05) is 35.1 Å².